The van der Waals surface area contributed by atoms with Gasteiger partial charge in [0.05, 0.1) is 0 Å². The molecule has 1 fully saturated rings. The molecular weight excluding hydrogens is 296 g/mol. The first kappa shape index (κ1) is 15.6. The van der Waals surface area contributed by atoms with Crippen LogP contribution in [-0.2, 0) is 11.2 Å². The van der Waals surface area contributed by atoms with E-state index >= 15 is 0 Å². The van der Waals surface area contributed by atoms with Gasteiger partial charge in [-0.1, -0.05) is 42.3 Å². The van der Waals surface area contributed by atoms with Gasteiger partial charge in [-0.25, -0.2) is 0 Å². The fraction of sp³-hybridized carbons (Fsp3) is 0.500. The van der Waals surface area contributed by atoms with Crippen molar-refractivity contribution in [3.05, 3.63) is 40.5 Å². The van der Waals surface area contributed by atoms with Crippen LogP contribution in [0, 0.1) is 6.92 Å². The molecule has 1 aromatic carbocycles. The first-order valence-corrected chi connectivity index (χ1v) is 8.44. The SMILES string of the molecule is CCC(=O)N1CCN(CC2=C(Cl)c3cc(C)ccc3C2)CC1. The number of aryl methyl sites for hydroxylation is 1. The minimum Gasteiger partial charge on any atom is -0.340 e. The predicted molar refractivity (Wildman–Crippen MR) is 91.0 cm³/mol. The number of hydrogen-bond acceptors (Lipinski definition) is 2. The van der Waals surface area contributed by atoms with Crippen molar-refractivity contribution in [1.82, 2.24) is 9.80 Å². The monoisotopic (exact) mass is 318 g/mol. The Hall–Kier alpha value is -1.32. The summed E-state index contributed by atoms with van der Waals surface area (Å²) in [6.07, 6.45) is 1.56. The van der Waals surface area contributed by atoms with Gasteiger partial charge < -0.3 is 4.90 Å². The third kappa shape index (κ3) is 3.06. The van der Waals surface area contributed by atoms with Crippen LogP contribution in [0.3, 0.4) is 0 Å². The maximum absolute atomic E-state index is 11.7. The first-order valence-electron chi connectivity index (χ1n) is 8.06. The predicted octanol–water partition coefficient (Wildman–Crippen LogP) is 3.06. The van der Waals surface area contributed by atoms with Gasteiger partial charge in [0.1, 0.15) is 0 Å². The number of hydrogen-bond donors (Lipinski definition) is 0. The molecule has 0 aromatic heterocycles. The highest BCUT2D eigenvalue weighted by molar-refractivity contribution is 6.50. The number of halogens is 1. The van der Waals surface area contributed by atoms with Crippen LogP contribution in [0.4, 0.5) is 0 Å². The average molecular weight is 319 g/mol. The molecule has 4 heteroatoms. The van der Waals surface area contributed by atoms with Crippen molar-refractivity contribution in [2.75, 3.05) is 32.7 Å². The zero-order valence-corrected chi connectivity index (χ0v) is 14.1. The van der Waals surface area contributed by atoms with Gasteiger partial charge in [0.15, 0.2) is 0 Å². The molecule has 0 atom stereocenters. The van der Waals surface area contributed by atoms with E-state index in [1.807, 2.05) is 11.8 Å². The van der Waals surface area contributed by atoms with E-state index in [9.17, 15) is 4.79 Å². The molecule has 3 rings (SSSR count). The van der Waals surface area contributed by atoms with Crippen LogP contribution >= 0.6 is 11.6 Å². The molecule has 1 amide bonds. The Labute approximate surface area is 137 Å². The minimum atomic E-state index is 0.264. The zero-order valence-electron chi connectivity index (χ0n) is 13.4. The normalized spacial score (nSPS) is 18.8. The van der Waals surface area contributed by atoms with Gasteiger partial charge in [0.25, 0.3) is 0 Å². The van der Waals surface area contributed by atoms with Crippen molar-refractivity contribution in [2.45, 2.75) is 26.7 Å². The molecule has 118 valence electrons. The van der Waals surface area contributed by atoms with Crippen molar-refractivity contribution in [2.24, 2.45) is 0 Å². The van der Waals surface area contributed by atoms with Crippen LogP contribution in [0.2, 0.25) is 0 Å². The molecule has 2 aliphatic rings. The lowest BCUT2D eigenvalue weighted by atomic mass is 10.1. The number of rotatable bonds is 3. The summed E-state index contributed by atoms with van der Waals surface area (Å²) in [5, 5.41) is 0.936. The molecule has 0 radical (unpaired) electrons. The molecule has 3 nitrogen and oxygen atoms in total. The maximum atomic E-state index is 11.7. The van der Waals surface area contributed by atoms with Crippen LogP contribution in [0.25, 0.3) is 5.03 Å². The van der Waals surface area contributed by atoms with Gasteiger partial charge in [-0.15, -0.1) is 0 Å². The molecular formula is C18H23ClN2O. The topological polar surface area (TPSA) is 23.6 Å². The summed E-state index contributed by atoms with van der Waals surface area (Å²) in [7, 11) is 0. The number of carbonyl (C=O) groups excluding carboxylic acids is 1. The standard InChI is InChI=1S/C18H23ClN2O/c1-3-17(22)21-8-6-20(7-9-21)12-15-11-14-5-4-13(2)10-16(14)18(15)19/h4-5,10H,3,6-9,11-12H2,1-2H3. The lowest BCUT2D eigenvalue weighted by molar-refractivity contribution is -0.132. The Bertz CT molecular complexity index is 616. The molecule has 0 unspecified atom stereocenters. The summed E-state index contributed by atoms with van der Waals surface area (Å²) in [6.45, 7) is 8.50. The van der Waals surface area contributed by atoms with Gasteiger partial charge in [-0.05, 0) is 30.0 Å². The average Bonchev–Trinajstić information content (AvgIpc) is 2.83. The van der Waals surface area contributed by atoms with E-state index in [-0.39, 0.29) is 5.91 Å². The number of benzene rings is 1. The van der Waals surface area contributed by atoms with E-state index in [0.29, 0.717) is 6.42 Å². The molecule has 1 saturated heterocycles. The summed E-state index contributed by atoms with van der Waals surface area (Å²) in [4.78, 5) is 16.1. The summed E-state index contributed by atoms with van der Waals surface area (Å²) in [6, 6.07) is 6.53. The number of amides is 1. The molecule has 0 N–H and O–H groups in total. The highest BCUT2D eigenvalue weighted by Gasteiger charge is 2.25. The molecule has 1 heterocycles. The summed E-state index contributed by atoms with van der Waals surface area (Å²) < 4.78 is 0. The maximum Gasteiger partial charge on any atom is 0.222 e. The minimum absolute atomic E-state index is 0.264. The highest BCUT2D eigenvalue weighted by Crippen LogP contribution is 2.36. The Kier molecular flexibility index (Phi) is 4.55. The van der Waals surface area contributed by atoms with Crippen LogP contribution in [-0.4, -0.2) is 48.4 Å². The van der Waals surface area contributed by atoms with Crippen molar-refractivity contribution >= 4 is 22.5 Å². The molecule has 1 aromatic rings. The van der Waals surface area contributed by atoms with Gasteiger partial charge in [0, 0.05) is 44.2 Å². The van der Waals surface area contributed by atoms with Crippen LogP contribution in [0.15, 0.2) is 23.8 Å². The van der Waals surface area contributed by atoms with Gasteiger partial charge >= 0.3 is 0 Å². The number of fused-ring (bicyclic) bond motifs is 1. The van der Waals surface area contributed by atoms with E-state index < -0.39 is 0 Å². The quantitative estimate of drug-likeness (QED) is 0.855. The van der Waals surface area contributed by atoms with Crippen molar-refractivity contribution < 1.29 is 4.79 Å². The number of piperazine rings is 1. The summed E-state index contributed by atoms with van der Waals surface area (Å²) in [5.74, 6) is 0.264. The Morgan fingerprint density at radius 2 is 1.95 bits per heavy atom. The second-order valence-electron chi connectivity index (χ2n) is 6.27. The van der Waals surface area contributed by atoms with E-state index in [1.165, 1.54) is 22.3 Å². The Morgan fingerprint density at radius 3 is 2.64 bits per heavy atom. The lowest BCUT2D eigenvalue weighted by Crippen LogP contribution is -2.48. The van der Waals surface area contributed by atoms with E-state index in [2.05, 4.69) is 30.0 Å². The number of carbonyl (C=O) groups is 1. The second-order valence-corrected chi connectivity index (χ2v) is 6.64. The lowest BCUT2D eigenvalue weighted by Gasteiger charge is -2.35. The molecule has 0 saturated carbocycles. The third-order valence-corrected chi connectivity index (χ3v) is 5.13. The molecule has 1 aliphatic carbocycles. The van der Waals surface area contributed by atoms with Crippen molar-refractivity contribution in [3.63, 3.8) is 0 Å². The largest absolute Gasteiger partial charge is 0.340 e. The van der Waals surface area contributed by atoms with E-state index in [4.69, 9.17) is 11.6 Å². The molecule has 0 bridgehead atoms. The Balaban J connectivity index is 1.63. The van der Waals surface area contributed by atoms with Gasteiger partial charge in [-0.3, -0.25) is 9.69 Å². The zero-order chi connectivity index (χ0) is 15.7. The summed E-state index contributed by atoms with van der Waals surface area (Å²) >= 11 is 6.59. The van der Waals surface area contributed by atoms with E-state index in [1.54, 1.807) is 0 Å². The van der Waals surface area contributed by atoms with Gasteiger partial charge in [0.2, 0.25) is 5.91 Å². The smallest absolute Gasteiger partial charge is 0.222 e. The summed E-state index contributed by atoms with van der Waals surface area (Å²) in [5.41, 5.74) is 5.12. The fourth-order valence-corrected chi connectivity index (χ4v) is 3.62. The molecule has 22 heavy (non-hydrogen) atoms. The van der Waals surface area contributed by atoms with Crippen LogP contribution in [0.1, 0.15) is 30.0 Å². The Morgan fingerprint density at radius 1 is 1.23 bits per heavy atom. The molecule has 0 spiro atoms. The first-order chi connectivity index (χ1) is 10.6. The number of nitrogens with zero attached hydrogens (tertiary/aromatic N) is 2. The van der Waals surface area contributed by atoms with Crippen LogP contribution < -0.4 is 0 Å². The van der Waals surface area contributed by atoms with Crippen molar-refractivity contribution in [3.8, 4) is 0 Å². The van der Waals surface area contributed by atoms with E-state index in [0.717, 1.165) is 44.2 Å². The highest BCUT2D eigenvalue weighted by atomic mass is 35.5. The fourth-order valence-electron chi connectivity index (χ4n) is 3.32. The van der Waals surface area contributed by atoms with Crippen molar-refractivity contribution in [1.29, 1.82) is 0 Å². The van der Waals surface area contributed by atoms with Gasteiger partial charge in [-0.2, -0.15) is 0 Å². The second kappa shape index (κ2) is 6.43. The van der Waals surface area contributed by atoms with Crippen LogP contribution in [0.5, 0.6) is 0 Å². The third-order valence-electron chi connectivity index (χ3n) is 4.66. The molecule has 1 aliphatic heterocycles.